The van der Waals surface area contributed by atoms with Crippen LogP contribution in [0, 0.1) is 0 Å². The van der Waals surface area contributed by atoms with Crippen LogP contribution >= 0.6 is 0 Å². The predicted molar refractivity (Wildman–Crippen MR) is 194 cm³/mol. The van der Waals surface area contributed by atoms with Crippen molar-refractivity contribution >= 4 is 39.9 Å². The van der Waals surface area contributed by atoms with Gasteiger partial charge in [-0.2, -0.15) is 19.6 Å². The Labute approximate surface area is 286 Å². The third kappa shape index (κ3) is 7.41. The maximum atomic E-state index is 12.7. The van der Waals surface area contributed by atoms with E-state index < -0.39 is 0 Å². The lowest BCUT2D eigenvalue weighted by Crippen LogP contribution is -2.40. The van der Waals surface area contributed by atoms with E-state index in [0.29, 0.717) is 18.4 Å². The van der Waals surface area contributed by atoms with Crippen LogP contribution in [-0.4, -0.2) is 87.4 Å². The molecule has 2 aliphatic heterocycles. The summed E-state index contributed by atoms with van der Waals surface area (Å²) in [5, 5.41) is 13.2. The third-order valence-corrected chi connectivity index (χ3v) is 9.31. The van der Waals surface area contributed by atoms with Crippen molar-refractivity contribution in [2.24, 2.45) is 5.73 Å². The van der Waals surface area contributed by atoms with Crippen LogP contribution in [0.15, 0.2) is 73.1 Å². The summed E-state index contributed by atoms with van der Waals surface area (Å²) in [5.74, 6) is 1.46. The first-order valence-corrected chi connectivity index (χ1v) is 17.2. The van der Waals surface area contributed by atoms with Gasteiger partial charge in [0.05, 0.1) is 25.1 Å². The van der Waals surface area contributed by atoms with Crippen molar-refractivity contribution in [2.45, 2.75) is 45.2 Å². The molecule has 49 heavy (non-hydrogen) atoms. The Bertz CT molecular complexity index is 1960. The van der Waals surface area contributed by atoms with Gasteiger partial charge in [0.1, 0.15) is 0 Å². The fourth-order valence-electron chi connectivity index (χ4n) is 6.47. The fourth-order valence-corrected chi connectivity index (χ4v) is 6.47. The molecule has 0 bridgehead atoms. The van der Waals surface area contributed by atoms with Crippen LogP contribution in [0.1, 0.15) is 43.7 Å². The highest BCUT2D eigenvalue weighted by molar-refractivity contribution is 6.02. The van der Waals surface area contributed by atoms with E-state index in [1.807, 2.05) is 54.9 Å². The van der Waals surface area contributed by atoms with E-state index in [-0.39, 0.29) is 17.9 Å². The number of hydrogen-bond acceptors (Lipinski definition) is 10. The number of nitrogens with zero attached hydrogens (tertiary/aromatic N) is 7. The highest BCUT2D eigenvalue weighted by Crippen LogP contribution is 2.32. The number of carbonyl (C=O) groups excluding carboxylic acids is 1. The van der Waals surface area contributed by atoms with Gasteiger partial charge in [0.25, 0.3) is 0 Å². The van der Waals surface area contributed by atoms with Crippen LogP contribution in [0.4, 0.5) is 17.6 Å². The molecule has 7 rings (SSSR count). The number of anilines is 3. The first kappa shape index (κ1) is 32.6. The molecule has 0 spiro atoms. The summed E-state index contributed by atoms with van der Waals surface area (Å²) in [6.45, 7) is 10.4. The molecule has 2 aromatic carbocycles. The number of carbonyl (C=O) groups is 1. The second-order valence-corrected chi connectivity index (χ2v) is 13.1. The minimum Gasteiger partial charge on any atom is -0.379 e. The van der Waals surface area contributed by atoms with E-state index >= 15 is 0 Å². The summed E-state index contributed by atoms with van der Waals surface area (Å²) in [6, 6.07) is 16.4. The molecule has 0 unspecified atom stereocenters. The Morgan fingerprint density at radius 2 is 1.88 bits per heavy atom. The van der Waals surface area contributed by atoms with E-state index in [0.717, 1.165) is 103 Å². The highest BCUT2D eigenvalue weighted by atomic mass is 16.5. The molecule has 1 amide bonds. The Kier molecular flexibility index (Phi) is 9.78. The molecular weight excluding hydrogens is 616 g/mol. The van der Waals surface area contributed by atoms with Gasteiger partial charge in [0, 0.05) is 79.8 Å². The molecule has 5 aromatic rings. The summed E-state index contributed by atoms with van der Waals surface area (Å²) >= 11 is 0. The van der Waals surface area contributed by atoms with Gasteiger partial charge in [0.15, 0.2) is 5.65 Å². The number of nitrogens with one attached hydrogen (secondary N) is 2. The number of fused-ring (bicyclic) bond motifs is 2. The van der Waals surface area contributed by atoms with E-state index in [2.05, 4.69) is 51.5 Å². The minimum atomic E-state index is -0.151. The maximum absolute atomic E-state index is 12.7. The van der Waals surface area contributed by atoms with Crippen molar-refractivity contribution in [3.63, 3.8) is 0 Å². The number of benzene rings is 2. The Hall–Kier alpha value is -4.91. The number of amides is 1. The predicted octanol–water partition coefficient (Wildman–Crippen LogP) is 4.83. The minimum absolute atomic E-state index is 0.151. The molecular formula is C37H44N10O2. The smallest absolute Gasteiger partial charge is 0.248 e. The topological polar surface area (TPSA) is 139 Å². The standard InChI is InChI=1S/C37H44N10O2/c1-25(2)32-24-41-47-35(32)43-37(46-16-12-28(38)13-17-46)44-36(47)40-23-27-6-3-4-7-30(27)34-31-10-9-29(22-26(31)11-14-39-34)42-33(48)8-5-15-45-18-20-49-21-19-45/h3-11,14,22,24-25,28H,12-13,15-21,23,38H2,1-2H3,(H,42,48)(H,40,43,44)/b8-5+. The highest BCUT2D eigenvalue weighted by Gasteiger charge is 2.22. The molecule has 2 fully saturated rings. The summed E-state index contributed by atoms with van der Waals surface area (Å²) < 4.78 is 7.20. The lowest BCUT2D eigenvalue weighted by Gasteiger charge is -2.30. The van der Waals surface area contributed by atoms with Crippen LogP contribution in [0.2, 0.25) is 0 Å². The zero-order valence-electron chi connectivity index (χ0n) is 28.2. The number of pyridine rings is 1. The number of hydrogen-bond donors (Lipinski definition) is 3. The Balaban J connectivity index is 1.11. The number of aromatic nitrogens is 5. The lowest BCUT2D eigenvalue weighted by molar-refractivity contribution is -0.111. The van der Waals surface area contributed by atoms with Crippen LogP contribution in [0.3, 0.4) is 0 Å². The van der Waals surface area contributed by atoms with Crippen LogP contribution in [0.25, 0.3) is 27.7 Å². The van der Waals surface area contributed by atoms with Crippen LogP contribution < -0.4 is 21.3 Å². The summed E-state index contributed by atoms with van der Waals surface area (Å²) in [6.07, 6.45) is 9.05. The number of rotatable bonds is 10. The molecule has 0 saturated carbocycles. The van der Waals surface area contributed by atoms with Gasteiger partial charge in [-0.05, 0) is 47.9 Å². The van der Waals surface area contributed by atoms with Crippen LogP contribution in [-0.2, 0) is 16.1 Å². The normalized spacial score (nSPS) is 16.3. The average Bonchev–Trinajstić information content (AvgIpc) is 3.56. The van der Waals surface area contributed by atoms with Crippen molar-refractivity contribution in [1.82, 2.24) is 29.5 Å². The number of morpholine rings is 1. The Morgan fingerprint density at radius 3 is 2.69 bits per heavy atom. The zero-order valence-corrected chi connectivity index (χ0v) is 28.2. The first-order valence-electron chi connectivity index (χ1n) is 17.2. The molecule has 2 saturated heterocycles. The molecule has 0 atom stereocenters. The Morgan fingerprint density at radius 1 is 1.06 bits per heavy atom. The largest absolute Gasteiger partial charge is 0.379 e. The molecule has 5 heterocycles. The van der Waals surface area contributed by atoms with Gasteiger partial charge < -0.3 is 26.0 Å². The molecule has 0 aliphatic carbocycles. The van der Waals surface area contributed by atoms with Crippen molar-refractivity contribution in [3.05, 3.63) is 84.2 Å². The average molecular weight is 661 g/mol. The zero-order chi connectivity index (χ0) is 33.7. The van der Waals surface area contributed by atoms with Gasteiger partial charge in [-0.15, -0.1) is 0 Å². The molecule has 2 aliphatic rings. The first-order chi connectivity index (χ1) is 23.9. The van der Waals surface area contributed by atoms with Gasteiger partial charge >= 0.3 is 0 Å². The second-order valence-electron chi connectivity index (χ2n) is 13.1. The van der Waals surface area contributed by atoms with Crippen molar-refractivity contribution in [2.75, 3.05) is 61.5 Å². The van der Waals surface area contributed by atoms with Crippen molar-refractivity contribution < 1.29 is 9.53 Å². The van der Waals surface area contributed by atoms with Gasteiger partial charge in [-0.25, -0.2) is 0 Å². The third-order valence-electron chi connectivity index (χ3n) is 9.31. The van der Waals surface area contributed by atoms with E-state index in [1.54, 1.807) is 10.6 Å². The molecule has 0 radical (unpaired) electrons. The molecule has 3 aromatic heterocycles. The van der Waals surface area contributed by atoms with Gasteiger partial charge in [0.2, 0.25) is 17.8 Å². The van der Waals surface area contributed by atoms with Gasteiger partial charge in [-0.3, -0.25) is 14.7 Å². The van der Waals surface area contributed by atoms with E-state index in [4.69, 9.17) is 25.4 Å². The molecule has 12 heteroatoms. The van der Waals surface area contributed by atoms with Crippen molar-refractivity contribution in [3.8, 4) is 11.3 Å². The molecule has 4 N–H and O–H groups in total. The van der Waals surface area contributed by atoms with E-state index in [1.165, 1.54) is 0 Å². The second kappa shape index (κ2) is 14.7. The van der Waals surface area contributed by atoms with E-state index in [9.17, 15) is 4.79 Å². The summed E-state index contributed by atoms with van der Waals surface area (Å²) in [7, 11) is 0. The molecule has 12 nitrogen and oxygen atoms in total. The lowest BCUT2D eigenvalue weighted by atomic mass is 9.99. The number of ether oxygens (including phenoxy) is 1. The monoisotopic (exact) mass is 660 g/mol. The quantitative estimate of drug-likeness (QED) is 0.179. The summed E-state index contributed by atoms with van der Waals surface area (Å²) in [5.41, 5.74) is 11.8. The molecule has 254 valence electrons. The summed E-state index contributed by atoms with van der Waals surface area (Å²) in [4.78, 5) is 31.9. The van der Waals surface area contributed by atoms with Gasteiger partial charge in [-0.1, -0.05) is 50.3 Å². The number of piperidine rings is 1. The fraction of sp³-hybridized carbons (Fsp3) is 0.378. The SMILES string of the molecule is CC(C)c1cnn2c(NCc3ccccc3-c3nccc4cc(NC(=O)/C=C/CN5CCOCC5)ccc34)nc(N3CCC(N)CC3)nc12. The number of nitrogens with two attached hydrogens (primary N) is 1. The van der Waals surface area contributed by atoms with Crippen LogP contribution in [0.5, 0.6) is 0 Å². The maximum Gasteiger partial charge on any atom is 0.248 e. The van der Waals surface area contributed by atoms with Crippen molar-refractivity contribution in [1.29, 1.82) is 0 Å².